The van der Waals surface area contributed by atoms with Crippen LogP contribution in [-0.4, -0.2) is 9.38 Å². The lowest BCUT2D eigenvalue weighted by atomic mass is 10.1. The molecule has 0 aliphatic carbocycles. The molecule has 0 atom stereocenters. The molecule has 2 aromatic heterocycles. The van der Waals surface area contributed by atoms with Crippen LogP contribution in [0.5, 0.6) is 0 Å². The summed E-state index contributed by atoms with van der Waals surface area (Å²) in [6.45, 7) is 1.84. The minimum atomic E-state index is -0.287. The molecule has 0 saturated carbocycles. The summed E-state index contributed by atoms with van der Waals surface area (Å²) in [4.78, 5) is 17.4. The van der Waals surface area contributed by atoms with Crippen molar-refractivity contribution in [3.8, 4) is 10.4 Å². The van der Waals surface area contributed by atoms with Gasteiger partial charge in [-0.3, -0.25) is 9.20 Å². The van der Waals surface area contributed by atoms with Gasteiger partial charge in [0.2, 0.25) is 0 Å². The highest BCUT2D eigenvalue weighted by Crippen LogP contribution is 2.31. The maximum atomic E-state index is 13.2. The molecule has 0 unspecified atom stereocenters. The summed E-state index contributed by atoms with van der Waals surface area (Å²) < 4.78 is 14.8. The summed E-state index contributed by atoms with van der Waals surface area (Å²) >= 11 is 1.39. The van der Waals surface area contributed by atoms with Crippen molar-refractivity contribution in [1.82, 2.24) is 9.38 Å². The average Bonchev–Trinajstić information content (AvgIpc) is 2.68. The van der Waals surface area contributed by atoms with Gasteiger partial charge in [0, 0.05) is 18.0 Å². The number of hydrogen-bond acceptors (Lipinski definition) is 3. The second-order valence-electron chi connectivity index (χ2n) is 3.93. The Hall–Kier alpha value is -2.01. The Morgan fingerprint density at radius 2 is 2.17 bits per heavy atom. The van der Waals surface area contributed by atoms with Crippen molar-refractivity contribution >= 4 is 16.3 Å². The Morgan fingerprint density at radius 1 is 1.33 bits per heavy atom. The van der Waals surface area contributed by atoms with Gasteiger partial charge < -0.3 is 0 Å². The van der Waals surface area contributed by atoms with Crippen molar-refractivity contribution in [2.45, 2.75) is 6.92 Å². The van der Waals surface area contributed by atoms with Gasteiger partial charge in [-0.25, -0.2) is 9.37 Å². The van der Waals surface area contributed by atoms with Gasteiger partial charge in [0.15, 0.2) is 4.96 Å². The molecule has 0 saturated heterocycles. The van der Waals surface area contributed by atoms with E-state index in [0.29, 0.717) is 4.96 Å². The number of aromatic nitrogens is 2. The molecule has 0 aliphatic rings. The van der Waals surface area contributed by atoms with E-state index in [1.54, 1.807) is 10.5 Å². The molecule has 0 bridgehead atoms. The second kappa shape index (κ2) is 4.03. The largest absolute Gasteiger partial charge is 0.269 e. The second-order valence-corrected chi connectivity index (χ2v) is 4.91. The Labute approximate surface area is 106 Å². The predicted molar refractivity (Wildman–Crippen MR) is 69.5 cm³/mol. The van der Waals surface area contributed by atoms with E-state index in [2.05, 4.69) is 4.98 Å². The summed E-state index contributed by atoms with van der Waals surface area (Å²) in [5, 5.41) is 0. The van der Waals surface area contributed by atoms with Gasteiger partial charge in [-0.05, 0) is 24.6 Å². The van der Waals surface area contributed by atoms with Gasteiger partial charge >= 0.3 is 0 Å². The van der Waals surface area contributed by atoms with E-state index in [1.807, 2.05) is 13.0 Å². The third kappa shape index (κ3) is 1.64. The van der Waals surface area contributed by atoms with E-state index < -0.39 is 0 Å². The maximum Gasteiger partial charge on any atom is 0.258 e. The van der Waals surface area contributed by atoms with E-state index in [-0.39, 0.29) is 11.4 Å². The molecule has 2 heterocycles. The first kappa shape index (κ1) is 11.1. The van der Waals surface area contributed by atoms with Crippen LogP contribution in [0.3, 0.4) is 0 Å². The summed E-state index contributed by atoms with van der Waals surface area (Å²) in [6, 6.07) is 7.76. The Bertz CT molecular complexity index is 791. The van der Waals surface area contributed by atoms with Gasteiger partial charge in [0.05, 0.1) is 4.88 Å². The number of halogens is 1. The third-order valence-electron chi connectivity index (χ3n) is 2.76. The molecule has 5 heteroatoms. The molecule has 0 N–H and O–H groups in total. The van der Waals surface area contributed by atoms with Crippen molar-refractivity contribution < 1.29 is 4.39 Å². The van der Waals surface area contributed by atoms with E-state index in [0.717, 1.165) is 16.1 Å². The molecule has 0 spiro atoms. The highest BCUT2D eigenvalue weighted by atomic mass is 32.1. The van der Waals surface area contributed by atoms with Crippen LogP contribution < -0.4 is 5.56 Å². The standard InChI is InChI=1S/C13H9FN2OS/c1-8-12(9-3-2-4-10(14)7-9)18-13-15-6-5-11(17)16(8)13/h2-7H,1H3. The molecule has 0 amide bonds. The first-order valence-corrected chi connectivity index (χ1v) is 6.21. The van der Waals surface area contributed by atoms with Crippen LogP contribution >= 0.6 is 11.3 Å². The monoisotopic (exact) mass is 260 g/mol. The van der Waals surface area contributed by atoms with Gasteiger partial charge in [-0.2, -0.15) is 0 Å². The molecule has 90 valence electrons. The first-order chi connectivity index (χ1) is 8.66. The number of benzene rings is 1. The van der Waals surface area contributed by atoms with Crippen LogP contribution in [0.1, 0.15) is 5.69 Å². The van der Waals surface area contributed by atoms with E-state index in [1.165, 1.54) is 35.7 Å². The van der Waals surface area contributed by atoms with E-state index >= 15 is 0 Å². The van der Waals surface area contributed by atoms with Crippen LogP contribution in [0.15, 0.2) is 41.3 Å². The molecular weight excluding hydrogens is 251 g/mol. The minimum absolute atomic E-state index is 0.114. The number of hydrogen-bond donors (Lipinski definition) is 0. The highest BCUT2D eigenvalue weighted by molar-refractivity contribution is 7.20. The van der Waals surface area contributed by atoms with Crippen molar-refractivity contribution in [1.29, 1.82) is 0 Å². The summed E-state index contributed by atoms with van der Waals surface area (Å²) in [7, 11) is 0. The van der Waals surface area contributed by atoms with Gasteiger partial charge in [-0.1, -0.05) is 23.5 Å². The zero-order chi connectivity index (χ0) is 12.7. The lowest BCUT2D eigenvalue weighted by molar-refractivity contribution is 0.628. The number of fused-ring (bicyclic) bond motifs is 1. The maximum absolute atomic E-state index is 13.2. The molecule has 0 radical (unpaired) electrons. The summed E-state index contributed by atoms with van der Waals surface area (Å²) in [6.07, 6.45) is 1.49. The van der Waals surface area contributed by atoms with Crippen LogP contribution in [-0.2, 0) is 0 Å². The van der Waals surface area contributed by atoms with Gasteiger partial charge in [0.25, 0.3) is 5.56 Å². The fourth-order valence-electron chi connectivity index (χ4n) is 1.94. The fourth-order valence-corrected chi connectivity index (χ4v) is 3.03. The lowest BCUT2D eigenvalue weighted by Gasteiger charge is -1.99. The Morgan fingerprint density at radius 3 is 2.89 bits per heavy atom. The fraction of sp³-hybridized carbons (Fsp3) is 0.0769. The van der Waals surface area contributed by atoms with Crippen molar-refractivity contribution in [2.75, 3.05) is 0 Å². The number of aryl methyl sites for hydroxylation is 1. The summed E-state index contributed by atoms with van der Waals surface area (Å²) in [5.41, 5.74) is 1.44. The van der Waals surface area contributed by atoms with E-state index in [9.17, 15) is 9.18 Å². The Balaban J connectivity index is 2.34. The number of rotatable bonds is 1. The Kier molecular flexibility index (Phi) is 2.48. The lowest BCUT2D eigenvalue weighted by Crippen LogP contribution is -2.12. The smallest absolute Gasteiger partial charge is 0.258 e. The SMILES string of the molecule is Cc1c(-c2cccc(F)c2)sc2nccc(=O)n12. The molecule has 18 heavy (non-hydrogen) atoms. The van der Waals surface area contributed by atoms with Gasteiger partial charge in [-0.15, -0.1) is 0 Å². The van der Waals surface area contributed by atoms with E-state index in [4.69, 9.17) is 0 Å². The molecule has 0 fully saturated rings. The molecule has 3 rings (SSSR count). The minimum Gasteiger partial charge on any atom is -0.269 e. The first-order valence-electron chi connectivity index (χ1n) is 5.40. The highest BCUT2D eigenvalue weighted by Gasteiger charge is 2.12. The normalized spacial score (nSPS) is 11.0. The third-order valence-corrected chi connectivity index (χ3v) is 3.96. The van der Waals surface area contributed by atoms with Crippen LogP contribution in [0.4, 0.5) is 4.39 Å². The van der Waals surface area contributed by atoms with Crippen LogP contribution in [0, 0.1) is 12.7 Å². The number of thiazole rings is 1. The quantitative estimate of drug-likeness (QED) is 0.674. The zero-order valence-corrected chi connectivity index (χ0v) is 10.4. The molecule has 3 aromatic rings. The van der Waals surface area contributed by atoms with Crippen molar-refractivity contribution in [2.24, 2.45) is 0 Å². The predicted octanol–water partition coefficient (Wildman–Crippen LogP) is 2.87. The van der Waals surface area contributed by atoms with Crippen molar-refractivity contribution in [3.05, 3.63) is 58.4 Å². The van der Waals surface area contributed by atoms with Crippen molar-refractivity contribution in [3.63, 3.8) is 0 Å². The molecule has 1 aromatic carbocycles. The molecule has 3 nitrogen and oxygen atoms in total. The summed E-state index contributed by atoms with van der Waals surface area (Å²) in [5.74, 6) is -0.287. The van der Waals surface area contributed by atoms with Crippen LogP contribution in [0.2, 0.25) is 0 Å². The zero-order valence-electron chi connectivity index (χ0n) is 9.55. The number of nitrogens with zero attached hydrogens (tertiary/aromatic N) is 2. The van der Waals surface area contributed by atoms with Crippen LogP contribution in [0.25, 0.3) is 15.4 Å². The topological polar surface area (TPSA) is 34.4 Å². The molecule has 0 aliphatic heterocycles. The molecular formula is C13H9FN2OS. The average molecular weight is 260 g/mol. The van der Waals surface area contributed by atoms with Gasteiger partial charge in [0.1, 0.15) is 5.82 Å².